The predicted octanol–water partition coefficient (Wildman–Crippen LogP) is 1.06. The Balaban J connectivity index is 2.97. The molecule has 100 valence electrons. The summed E-state index contributed by atoms with van der Waals surface area (Å²) in [5.74, 6) is 0.0983. The van der Waals surface area contributed by atoms with Crippen molar-refractivity contribution in [2.24, 2.45) is 5.92 Å². The SMILES string of the molecule is CNC(=O)c1ccc(N)c(NC(CO)C(C)C)c1. The van der Waals surface area contributed by atoms with Crippen molar-refractivity contribution in [1.82, 2.24) is 5.32 Å². The Hall–Kier alpha value is -1.75. The Kier molecular flexibility index (Phi) is 4.97. The standard InChI is InChI=1S/C13H21N3O2/c1-8(2)12(7-17)16-11-6-9(13(18)15-3)4-5-10(11)14/h4-6,8,12,16-17H,7,14H2,1-3H3,(H,15,18). The normalized spacial score (nSPS) is 12.3. The summed E-state index contributed by atoms with van der Waals surface area (Å²) in [7, 11) is 1.58. The second-order valence-corrected chi connectivity index (χ2v) is 4.56. The number of aliphatic hydroxyl groups is 1. The monoisotopic (exact) mass is 251 g/mol. The quantitative estimate of drug-likeness (QED) is 0.589. The molecule has 1 amide bonds. The molecule has 18 heavy (non-hydrogen) atoms. The van der Waals surface area contributed by atoms with Crippen LogP contribution >= 0.6 is 0 Å². The van der Waals surface area contributed by atoms with Gasteiger partial charge in [0.25, 0.3) is 5.91 Å². The smallest absolute Gasteiger partial charge is 0.251 e. The largest absolute Gasteiger partial charge is 0.397 e. The summed E-state index contributed by atoms with van der Waals surface area (Å²) >= 11 is 0. The molecule has 0 spiro atoms. The van der Waals surface area contributed by atoms with E-state index < -0.39 is 0 Å². The molecule has 0 bridgehead atoms. The third-order valence-corrected chi connectivity index (χ3v) is 2.88. The predicted molar refractivity (Wildman–Crippen MR) is 73.6 cm³/mol. The first-order chi connectivity index (χ1) is 8.49. The van der Waals surface area contributed by atoms with Crippen LogP contribution in [0.25, 0.3) is 0 Å². The van der Waals surface area contributed by atoms with Gasteiger partial charge in [-0.3, -0.25) is 4.79 Å². The van der Waals surface area contributed by atoms with Gasteiger partial charge in [-0.15, -0.1) is 0 Å². The summed E-state index contributed by atoms with van der Waals surface area (Å²) in [5.41, 5.74) is 7.62. The number of nitrogen functional groups attached to an aromatic ring is 1. The molecule has 1 rings (SSSR count). The fraction of sp³-hybridized carbons (Fsp3) is 0.462. The molecule has 5 heteroatoms. The van der Waals surface area contributed by atoms with E-state index >= 15 is 0 Å². The molecular formula is C13H21N3O2. The van der Waals surface area contributed by atoms with Crippen molar-refractivity contribution in [2.75, 3.05) is 24.7 Å². The fourth-order valence-corrected chi connectivity index (χ4v) is 1.59. The molecule has 1 aromatic carbocycles. The van der Waals surface area contributed by atoms with Crippen molar-refractivity contribution < 1.29 is 9.90 Å². The molecule has 0 aliphatic heterocycles. The number of rotatable bonds is 5. The Morgan fingerprint density at radius 2 is 2.11 bits per heavy atom. The maximum Gasteiger partial charge on any atom is 0.251 e. The van der Waals surface area contributed by atoms with E-state index in [0.717, 1.165) is 0 Å². The number of hydrogen-bond acceptors (Lipinski definition) is 4. The zero-order valence-corrected chi connectivity index (χ0v) is 11.0. The first-order valence-electron chi connectivity index (χ1n) is 5.98. The van der Waals surface area contributed by atoms with E-state index in [1.165, 1.54) is 0 Å². The highest BCUT2D eigenvalue weighted by Gasteiger charge is 2.14. The number of nitrogens with two attached hydrogens (primary N) is 1. The molecule has 1 aromatic rings. The molecule has 1 unspecified atom stereocenters. The maximum absolute atomic E-state index is 11.5. The lowest BCUT2D eigenvalue weighted by Crippen LogP contribution is -2.30. The summed E-state index contributed by atoms with van der Waals surface area (Å²) in [6.45, 7) is 4.03. The van der Waals surface area contributed by atoms with Gasteiger partial charge in [-0.25, -0.2) is 0 Å². The average molecular weight is 251 g/mol. The minimum Gasteiger partial charge on any atom is -0.397 e. The van der Waals surface area contributed by atoms with E-state index in [1.54, 1.807) is 25.2 Å². The van der Waals surface area contributed by atoms with Crippen molar-refractivity contribution in [2.45, 2.75) is 19.9 Å². The van der Waals surface area contributed by atoms with Crippen LogP contribution in [0.1, 0.15) is 24.2 Å². The van der Waals surface area contributed by atoms with Crippen LogP contribution in [0.4, 0.5) is 11.4 Å². The van der Waals surface area contributed by atoms with E-state index in [0.29, 0.717) is 16.9 Å². The minimum atomic E-state index is -0.164. The number of benzene rings is 1. The third-order valence-electron chi connectivity index (χ3n) is 2.88. The van der Waals surface area contributed by atoms with Crippen molar-refractivity contribution in [3.8, 4) is 0 Å². The summed E-state index contributed by atoms with van der Waals surface area (Å²) in [5, 5.41) is 15.0. The molecule has 5 N–H and O–H groups in total. The van der Waals surface area contributed by atoms with Crippen molar-refractivity contribution >= 4 is 17.3 Å². The second-order valence-electron chi connectivity index (χ2n) is 4.56. The highest BCUT2D eigenvalue weighted by molar-refractivity contribution is 5.96. The van der Waals surface area contributed by atoms with Gasteiger partial charge in [-0.05, 0) is 24.1 Å². The lowest BCUT2D eigenvalue weighted by molar-refractivity contribution is 0.0963. The van der Waals surface area contributed by atoms with Gasteiger partial charge in [0.1, 0.15) is 0 Å². The van der Waals surface area contributed by atoms with Crippen LogP contribution in [0.15, 0.2) is 18.2 Å². The molecule has 0 heterocycles. The fourth-order valence-electron chi connectivity index (χ4n) is 1.59. The first kappa shape index (κ1) is 14.3. The first-order valence-corrected chi connectivity index (χ1v) is 5.98. The van der Waals surface area contributed by atoms with Gasteiger partial charge in [0.2, 0.25) is 0 Å². The number of hydrogen-bond donors (Lipinski definition) is 4. The van der Waals surface area contributed by atoms with E-state index in [2.05, 4.69) is 10.6 Å². The molecule has 0 aromatic heterocycles. The van der Waals surface area contributed by atoms with Crippen LogP contribution in [-0.2, 0) is 0 Å². The summed E-state index contributed by atoms with van der Waals surface area (Å²) < 4.78 is 0. The second kappa shape index (κ2) is 6.26. The summed E-state index contributed by atoms with van der Waals surface area (Å²) in [6, 6.07) is 4.95. The molecule has 0 fully saturated rings. The van der Waals surface area contributed by atoms with Gasteiger partial charge in [0.15, 0.2) is 0 Å². The van der Waals surface area contributed by atoms with Crippen molar-refractivity contribution in [3.63, 3.8) is 0 Å². The number of amides is 1. The Morgan fingerprint density at radius 1 is 1.44 bits per heavy atom. The molecule has 5 nitrogen and oxygen atoms in total. The van der Waals surface area contributed by atoms with Crippen molar-refractivity contribution in [1.29, 1.82) is 0 Å². The molecule has 0 saturated heterocycles. The van der Waals surface area contributed by atoms with Crippen LogP contribution in [0.3, 0.4) is 0 Å². The lowest BCUT2D eigenvalue weighted by atomic mass is 10.0. The lowest BCUT2D eigenvalue weighted by Gasteiger charge is -2.22. The van der Waals surface area contributed by atoms with Gasteiger partial charge in [0, 0.05) is 12.6 Å². The van der Waals surface area contributed by atoms with E-state index in [9.17, 15) is 9.90 Å². The van der Waals surface area contributed by atoms with Crippen LogP contribution in [0, 0.1) is 5.92 Å². The molecule has 0 aliphatic rings. The van der Waals surface area contributed by atoms with Gasteiger partial charge in [-0.2, -0.15) is 0 Å². The van der Waals surface area contributed by atoms with Gasteiger partial charge < -0.3 is 21.5 Å². The number of anilines is 2. The van der Waals surface area contributed by atoms with Crippen LogP contribution in [0.5, 0.6) is 0 Å². The van der Waals surface area contributed by atoms with E-state index in [-0.39, 0.29) is 24.5 Å². The topological polar surface area (TPSA) is 87.4 Å². The number of aliphatic hydroxyl groups excluding tert-OH is 1. The van der Waals surface area contributed by atoms with Crippen LogP contribution in [-0.4, -0.2) is 30.7 Å². The van der Waals surface area contributed by atoms with E-state index in [4.69, 9.17) is 5.73 Å². The minimum absolute atomic E-state index is 0.0152. The molecule has 0 radical (unpaired) electrons. The molecule has 0 saturated carbocycles. The number of carbonyl (C=O) groups is 1. The van der Waals surface area contributed by atoms with Gasteiger partial charge >= 0.3 is 0 Å². The zero-order valence-electron chi connectivity index (χ0n) is 11.0. The number of carbonyl (C=O) groups excluding carboxylic acids is 1. The zero-order chi connectivity index (χ0) is 13.7. The Labute approximate surface area is 107 Å². The average Bonchev–Trinajstić information content (AvgIpc) is 2.36. The highest BCUT2D eigenvalue weighted by Crippen LogP contribution is 2.22. The Morgan fingerprint density at radius 3 is 2.61 bits per heavy atom. The summed E-state index contributed by atoms with van der Waals surface area (Å²) in [4.78, 5) is 11.5. The third kappa shape index (κ3) is 3.37. The number of nitrogens with one attached hydrogen (secondary N) is 2. The highest BCUT2D eigenvalue weighted by atomic mass is 16.3. The molecule has 1 atom stereocenters. The summed E-state index contributed by atoms with van der Waals surface area (Å²) in [6.07, 6.45) is 0. The van der Waals surface area contributed by atoms with Gasteiger partial charge in [-0.1, -0.05) is 13.8 Å². The Bertz CT molecular complexity index is 419. The van der Waals surface area contributed by atoms with Crippen molar-refractivity contribution in [3.05, 3.63) is 23.8 Å². The van der Waals surface area contributed by atoms with Gasteiger partial charge in [0.05, 0.1) is 24.0 Å². The molecule has 0 aliphatic carbocycles. The van der Waals surface area contributed by atoms with Crippen LogP contribution in [0.2, 0.25) is 0 Å². The van der Waals surface area contributed by atoms with Crippen LogP contribution < -0.4 is 16.4 Å². The van der Waals surface area contributed by atoms with E-state index in [1.807, 2.05) is 13.8 Å². The maximum atomic E-state index is 11.5. The molecular weight excluding hydrogens is 230 g/mol.